The Morgan fingerprint density at radius 1 is 1.35 bits per heavy atom. The van der Waals surface area contributed by atoms with Crippen LogP contribution in [0.25, 0.3) is 0 Å². The summed E-state index contributed by atoms with van der Waals surface area (Å²) >= 11 is 2.04. The van der Waals surface area contributed by atoms with E-state index in [-0.39, 0.29) is 11.8 Å². The smallest absolute Gasteiger partial charge is 0.223 e. The van der Waals surface area contributed by atoms with Crippen LogP contribution in [0.3, 0.4) is 0 Å². The molecule has 2 N–H and O–H groups in total. The van der Waals surface area contributed by atoms with Gasteiger partial charge < -0.3 is 10.6 Å². The standard InChI is InChI=1S/C13H24N2OS/c1-10-8-12(2-5-14-10)13(16)15-9-11-3-6-17-7-4-11/h10-12,14H,2-9H2,1H3,(H,15,16). The van der Waals surface area contributed by atoms with Gasteiger partial charge in [0.15, 0.2) is 0 Å². The maximum atomic E-state index is 12.0. The number of carbonyl (C=O) groups is 1. The Bertz CT molecular complexity index is 254. The van der Waals surface area contributed by atoms with Crippen LogP contribution in [-0.2, 0) is 4.79 Å². The Morgan fingerprint density at radius 2 is 2.12 bits per heavy atom. The highest BCUT2D eigenvalue weighted by molar-refractivity contribution is 7.99. The second kappa shape index (κ2) is 6.64. The molecule has 0 aromatic carbocycles. The number of thioether (sulfide) groups is 1. The molecule has 2 aliphatic heterocycles. The molecule has 17 heavy (non-hydrogen) atoms. The lowest BCUT2D eigenvalue weighted by atomic mass is 9.92. The minimum atomic E-state index is 0.240. The lowest BCUT2D eigenvalue weighted by molar-refractivity contribution is -0.126. The molecule has 3 nitrogen and oxygen atoms in total. The van der Waals surface area contributed by atoms with E-state index >= 15 is 0 Å². The van der Waals surface area contributed by atoms with E-state index in [0.717, 1.165) is 31.8 Å². The highest BCUT2D eigenvalue weighted by atomic mass is 32.2. The Morgan fingerprint density at radius 3 is 2.82 bits per heavy atom. The van der Waals surface area contributed by atoms with Gasteiger partial charge in [0.2, 0.25) is 5.91 Å². The summed E-state index contributed by atoms with van der Waals surface area (Å²) in [5, 5.41) is 6.56. The molecular formula is C13H24N2OS. The third-order valence-corrected chi connectivity index (χ3v) is 4.95. The molecule has 0 bridgehead atoms. The predicted molar refractivity (Wildman–Crippen MR) is 73.2 cm³/mol. The molecule has 98 valence electrons. The molecule has 0 aromatic rings. The van der Waals surface area contributed by atoms with Gasteiger partial charge >= 0.3 is 0 Å². The van der Waals surface area contributed by atoms with Crippen molar-refractivity contribution in [1.29, 1.82) is 0 Å². The molecule has 1 amide bonds. The fourth-order valence-corrected chi connectivity index (χ4v) is 3.91. The van der Waals surface area contributed by atoms with Crippen molar-refractivity contribution in [2.45, 2.75) is 38.6 Å². The van der Waals surface area contributed by atoms with E-state index in [4.69, 9.17) is 0 Å². The molecule has 2 saturated heterocycles. The third-order valence-electron chi connectivity index (χ3n) is 3.90. The highest BCUT2D eigenvalue weighted by Gasteiger charge is 2.25. The summed E-state index contributed by atoms with van der Waals surface area (Å²) in [5.74, 6) is 3.79. The van der Waals surface area contributed by atoms with Gasteiger partial charge in [-0.05, 0) is 56.6 Å². The molecule has 2 heterocycles. The number of carbonyl (C=O) groups excluding carboxylic acids is 1. The van der Waals surface area contributed by atoms with E-state index in [1.54, 1.807) is 0 Å². The zero-order chi connectivity index (χ0) is 12.1. The van der Waals surface area contributed by atoms with E-state index in [9.17, 15) is 4.79 Å². The summed E-state index contributed by atoms with van der Waals surface area (Å²) in [6.07, 6.45) is 4.53. The van der Waals surface area contributed by atoms with Gasteiger partial charge in [-0.1, -0.05) is 0 Å². The van der Waals surface area contributed by atoms with Crippen molar-refractivity contribution in [3.05, 3.63) is 0 Å². The Balaban J connectivity index is 1.69. The summed E-state index contributed by atoms with van der Waals surface area (Å²) in [6, 6.07) is 0.491. The molecule has 2 rings (SSSR count). The second-order valence-electron chi connectivity index (χ2n) is 5.38. The van der Waals surface area contributed by atoms with Crippen LogP contribution in [0.5, 0.6) is 0 Å². The van der Waals surface area contributed by atoms with Gasteiger partial charge in [0.1, 0.15) is 0 Å². The zero-order valence-corrected chi connectivity index (χ0v) is 11.5. The molecule has 2 fully saturated rings. The number of amides is 1. The van der Waals surface area contributed by atoms with Crippen molar-refractivity contribution < 1.29 is 4.79 Å². The monoisotopic (exact) mass is 256 g/mol. The van der Waals surface area contributed by atoms with Crippen LogP contribution < -0.4 is 10.6 Å². The van der Waals surface area contributed by atoms with Crippen LogP contribution in [0.2, 0.25) is 0 Å². The first kappa shape index (κ1) is 13.2. The van der Waals surface area contributed by atoms with Gasteiger partial charge in [0, 0.05) is 18.5 Å². The van der Waals surface area contributed by atoms with Gasteiger partial charge in [0.05, 0.1) is 0 Å². The maximum Gasteiger partial charge on any atom is 0.223 e. The molecule has 0 aliphatic carbocycles. The minimum absolute atomic E-state index is 0.240. The van der Waals surface area contributed by atoms with Crippen molar-refractivity contribution in [2.24, 2.45) is 11.8 Å². The third kappa shape index (κ3) is 4.18. The van der Waals surface area contributed by atoms with Gasteiger partial charge in [-0.15, -0.1) is 0 Å². The van der Waals surface area contributed by atoms with E-state index in [1.807, 2.05) is 11.8 Å². The molecule has 0 spiro atoms. The molecule has 0 radical (unpaired) electrons. The molecular weight excluding hydrogens is 232 g/mol. The number of hydrogen-bond donors (Lipinski definition) is 2. The maximum absolute atomic E-state index is 12.0. The Kier molecular flexibility index (Phi) is 5.16. The summed E-state index contributed by atoms with van der Waals surface area (Å²) in [4.78, 5) is 12.0. The van der Waals surface area contributed by atoms with Crippen LogP contribution >= 0.6 is 11.8 Å². The normalized spacial score (nSPS) is 31.1. The fraction of sp³-hybridized carbons (Fsp3) is 0.923. The average molecular weight is 256 g/mol. The molecule has 4 heteroatoms. The van der Waals surface area contributed by atoms with Gasteiger partial charge in [-0.2, -0.15) is 11.8 Å². The molecule has 2 unspecified atom stereocenters. The quantitative estimate of drug-likeness (QED) is 0.806. The highest BCUT2D eigenvalue weighted by Crippen LogP contribution is 2.22. The Labute approximate surface area is 108 Å². The van der Waals surface area contributed by atoms with Crippen molar-refractivity contribution in [3.63, 3.8) is 0 Å². The SMILES string of the molecule is CC1CC(C(=O)NCC2CCSCC2)CCN1. The first-order valence-corrected chi connectivity index (χ1v) is 8.00. The van der Waals surface area contributed by atoms with E-state index in [2.05, 4.69) is 17.6 Å². The zero-order valence-electron chi connectivity index (χ0n) is 10.7. The van der Waals surface area contributed by atoms with Crippen molar-refractivity contribution >= 4 is 17.7 Å². The summed E-state index contributed by atoms with van der Waals surface area (Å²) < 4.78 is 0. The van der Waals surface area contributed by atoms with Crippen LogP contribution in [-0.4, -0.2) is 36.5 Å². The lowest BCUT2D eigenvalue weighted by Gasteiger charge is -2.28. The van der Waals surface area contributed by atoms with Gasteiger partial charge in [-0.3, -0.25) is 4.79 Å². The fourth-order valence-electron chi connectivity index (χ4n) is 2.71. The summed E-state index contributed by atoms with van der Waals surface area (Å²) in [6.45, 7) is 4.05. The van der Waals surface area contributed by atoms with Gasteiger partial charge in [-0.25, -0.2) is 0 Å². The number of nitrogens with one attached hydrogen (secondary N) is 2. The summed E-state index contributed by atoms with van der Waals surface area (Å²) in [5.41, 5.74) is 0. The van der Waals surface area contributed by atoms with Crippen molar-refractivity contribution in [3.8, 4) is 0 Å². The van der Waals surface area contributed by atoms with E-state index in [0.29, 0.717) is 6.04 Å². The minimum Gasteiger partial charge on any atom is -0.356 e. The first-order valence-electron chi connectivity index (χ1n) is 6.84. The average Bonchev–Trinajstić information content (AvgIpc) is 2.37. The van der Waals surface area contributed by atoms with Crippen molar-refractivity contribution in [1.82, 2.24) is 10.6 Å². The largest absolute Gasteiger partial charge is 0.356 e. The van der Waals surface area contributed by atoms with Crippen molar-refractivity contribution in [2.75, 3.05) is 24.6 Å². The summed E-state index contributed by atoms with van der Waals surface area (Å²) in [7, 11) is 0. The van der Waals surface area contributed by atoms with Crippen LogP contribution in [0, 0.1) is 11.8 Å². The van der Waals surface area contributed by atoms with E-state index < -0.39 is 0 Å². The predicted octanol–water partition coefficient (Wildman–Crippen LogP) is 1.63. The molecule has 2 atom stereocenters. The topological polar surface area (TPSA) is 41.1 Å². The molecule has 2 aliphatic rings. The Hall–Kier alpha value is -0.220. The number of hydrogen-bond acceptors (Lipinski definition) is 3. The second-order valence-corrected chi connectivity index (χ2v) is 6.60. The lowest BCUT2D eigenvalue weighted by Crippen LogP contribution is -2.43. The van der Waals surface area contributed by atoms with Crippen LogP contribution in [0.15, 0.2) is 0 Å². The van der Waals surface area contributed by atoms with Crippen LogP contribution in [0.4, 0.5) is 0 Å². The number of piperidine rings is 1. The molecule has 0 saturated carbocycles. The first-order chi connectivity index (χ1) is 8.25. The molecule has 0 aromatic heterocycles. The van der Waals surface area contributed by atoms with Gasteiger partial charge in [0.25, 0.3) is 0 Å². The van der Waals surface area contributed by atoms with E-state index in [1.165, 1.54) is 24.3 Å². The number of rotatable bonds is 3. The van der Waals surface area contributed by atoms with Crippen LogP contribution in [0.1, 0.15) is 32.6 Å².